The van der Waals surface area contributed by atoms with Crippen LogP contribution in [0.25, 0.3) is 0 Å². The van der Waals surface area contributed by atoms with Gasteiger partial charge < -0.3 is 95.9 Å². The number of hydrogen-bond acceptors (Lipinski definition) is 24. The number of carbonyl (C=O) groups excluding carboxylic acids is 13. The van der Waals surface area contributed by atoms with Gasteiger partial charge in [-0.3, -0.25) is 91.1 Å². The number of aliphatic carboxylic acids is 7. The molecule has 0 heterocycles. The van der Waals surface area contributed by atoms with Gasteiger partial charge in [0.25, 0.3) is 0 Å². The number of carboxylic acid groups (broad SMARTS) is 7. The summed E-state index contributed by atoms with van der Waals surface area (Å²) in [4.78, 5) is 250. The van der Waals surface area contributed by atoms with Crippen molar-refractivity contribution >= 4 is 118 Å². The Balaban J connectivity index is 0. The molecule has 0 aromatic heterocycles. The van der Waals surface area contributed by atoms with Crippen LogP contribution < -0.4 is 60.2 Å². The second kappa shape index (κ2) is 58.4. The van der Waals surface area contributed by atoms with E-state index in [2.05, 4.69) is 49.1 Å². The lowest BCUT2D eigenvalue weighted by Crippen LogP contribution is -2.50. The van der Waals surface area contributed by atoms with Crippen molar-refractivity contribution in [1.82, 2.24) is 37.2 Å². The molecular formula is C75H117N11O27. The normalized spacial score (nSPS) is 14.3. The molecule has 0 saturated carbocycles. The second-order valence-electron chi connectivity index (χ2n) is 28.1. The maximum atomic E-state index is 13.7. The highest BCUT2D eigenvalue weighted by atomic mass is 16.4. The Morgan fingerprint density at radius 1 is 0.319 bits per heavy atom. The van der Waals surface area contributed by atoms with E-state index in [1.807, 2.05) is 0 Å². The van der Waals surface area contributed by atoms with Crippen LogP contribution in [0.3, 0.4) is 0 Å². The molecule has 0 rings (SSSR count). The maximum absolute atomic E-state index is 13.7. The minimum Gasteiger partial charge on any atom is -0.481 e. The summed E-state index contributed by atoms with van der Waals surface area (Å²) in [5.41, 5.74) is 22.4. The number of unbranched alkanes of at least 4 members (excludes halogenated alkanes) is 3. The molecule has 0 aliphatic rings. The van der Waals surface area contributed by atoms with E-state index in [4.69, 9.17) is 46.0 Å². The van der Waals surface area contributed by atoms with Crippen molar-refractivity contribution in [2.75, 3.05) is 19.6 Å². The largest absolute Gasteiger partial charge is 0.481 e. The predicted octanol–water partition coefficient (Wildman–Crippen LogP) is -0.0474. The average molecular weight is 1600 g/mol. The summed E-state index contributed by atoms with van der Waals surface area (Å²) in [6.07, 6.45) is 5.59. The monoisotopic (exact) mass is 1600 g/mol. The summed E-state index contributed by atoms with van der Waals surface area (Å²) in [5, 5.41) is 81.8. The van der Waals surface area contributed by atoms with Crippen molar-refractivity contribution in [2.45, 2.75) is 269 Å². The molecule has 113 heavy (non-hydrogen) atoms. The molecule has 0 unspecified atom stereocenters. The van der Waals surface area contributed by atoms with Crippen LogP contribution in [-0.2, 0) is 95.9 Å². The first kappa shape index (κ1) is 105. The Bertz CT molecular complexity index is 3330. The molecule has 13 atom stereocenters. The molecule has 0 aromatic rings. The van der Waals surface area contributed by atoms with Crippen LogP contribution in [-0.4, -0.2) is 222 Å². The number of ketones is 6. The third-order valence-corrected chi connectivity index (χ3v) is 17.8. The van der Waals surface area contributed by atoms with Crippen molar-refractivity contribution in [3.8, 4) is 24.7 Å². The van der Waals surface area contributed by atoms with Gasteiger partial charge in [0, 0.05) is 120 Å². The van der Waals surface area contributed by atoms with Crippen LogP contribution in [0.5, 0.6) is 0 Å². The van der Waals surface area contributed by atoms with Gasteiger partial charge in [-0.05, 0) is 122 Å². The highest BCUT2D eigenvalue weighted by molar-refractivity contribution is 5.99. The van der Waals surface area contributed by atoms with Crippen LogP contribution in [0.15, 0.2) is 0 Å². The van der Waals surface area contributed by atoms with Crippen LogP contribution in [0, 0.1) is 60.2 Å². The first-order valence-electron chi connectivity index (χ1n) is 37.5. The van der Waals surface area contributed by atoms with Gasteiger partial charge in [-0.25, -0.2) is 4.79 Å². The lowest BCUT2D eigenvalue weighted by molar-refractivity contribution is -0.143. The number of carbonyl (C=O) groups is 20. The molecule has 0 aliphatic heterocycles. The number of terminal acetylenes is 2. The molecule has 7 amide bonds. The molecule has 634 valence electrons. The molecule has 0 aliphatic carbocycles. The van der Waals surface area contributed by atoms with E-state index >= 15 is 0 Å². The third-order valence-electron chi connectivity index (χ3n) is 17.8. The highest BCUT2D eigenvalue weighted by Gasteiger charge is 2.37. The van der Waals surface area contributed by atoms with Crippen LogP contribution >= 0.6 is 0 Å². The van der Waals surface area contributed by atoms with Crippen molar-refractivity contribution in [3.63, 3.8) is 0 Å². The van der Waals surface area contributed by atoms with Gasteiger partial charge in [-0.2, -0.15) is 0 Å². The molecule has 38 heteroatoms. The van der Waals surface area contributed by atoms with E-state index in [9.17, 15) is 121 Å². The van der Waals surface area contributed by atoms with Gasteiger partial charge in [-0.15, -0.1) is 24.7 Å². The van der Waals surface area contributed by atoms with Crippen LogP contribution in [0.4, 0.5) is 0 Å². The second-order valence-corrected chi connectivity index (χ2v) is 28.1. The van der Waals surface area contributed by atoms with Crippen molar-refractivity contribution in [2.24, 2.45) is 58.4 Å². The molecule has 0 bridgehead atoms. The Morgan fingerprint density at radius 2 is 0.628 bits per heavy atom. The molecule has 0 aromatic carbocycles. The van der Waals surface area contributed by atoms with E-state index in [0.29, 0.717) is 64.6 Å². The zero-order valence-corrected chi connectivity index (χ0v) is 65.0. The average Bonchev–Trinajstić information content (AvgIpc) is 0.875. The van der Waals surface area contributed by atoms with E-state index in [1.165, 1.54) is 20.8 Å². The summed E-state index contributed by atoms with van der Waals surface area (Å²) >= 11 is 0. The lowest BCUT2D eigenvalue weighted by atomic mass is 9.89. The number of amides is 7. The molecule has 22 N–H and O–H groups in total. The highest BCUT2D eigenvalue weighted by Crippen LogP contribution is 2.23. The number of carboxylic acids is 7. The summed E-state index contributed by atoms with van der Waals surface area (Å²) < 4.78 is 0. The van der Waals surface area contributed by atoms with Crippen LogP contribution in [0.2, 0.25) is 0 Å². The fourth-order valence-corrected chi connectivity index (χ4v) is 11.4. The van der Waals surface area contributed by atoms with E-state index < -0.39 is 267 Å². The zero-order valence-electron chi connectivity index (χ0n) is 65.0. The zero-order chi connectivity index (χ0) is 86.6. The Kier molecular flexibility index (Phi) is 54.1. The van der Waals surface area contributed by atoms with Gasteiger partial charge in [0.15, 0.2) is 34.7 Å². The number of rotatable bonds is 64. The smallest absolute Gasteiger partial charge is 0.326 e. The third kappa shape index (κ3) is 48.2. The molecule has 0 saturated heterocycles. The first-order chi connectivity index (χ1) is 53.0. The standard InChI is InChI=1S/C39H63N7O9.C36H54N4O18/c1-6-14-28(24-35(50)31(44-27(5)47)17-9-12-20-41)37(52)43-26(4)33(48)23-29(16-8-11-19-40)38(53)45-30(15-7-2)34(49)22-25(3)36(51)46-32(39(54)55)18-10-13-21-42;1-18(2)15-25(41)22(6-12-31(50)51)38-34(56)19(3-9-28(44)45)16-26(42)23(7-13-32(52)53)39-35(57)20(4-10-29(46)47)17-27(43)24(8-14-33(54)55)40-36(58)21(37)5-11-30(48)49/h1-2,25-26,28-32H,8-24,40-42H2,3-5H3,(H,43,52)(H,44,47)(H,45,53)(H,46,51)(H,54,55);18-24H,3-17,37H2,1-2H3,(H,38,56)(H,39,57)(H,40,58)(H,44,45)(H,46,47)(H,48,49)(H,50,51)(H,52,53)(H,54,55)/t25-,26+,28-,29-,30+,31+,32+;19-,20-,21+,22+,23+,24+/m11/s1. The Hall–Kier alpha value is -10.4. The van der Waals surface area contributed by atoms with Crippen LogP contribution in [0.1, 0.15) is 221 Å². The lowest BCUT2D eigenvalue weighted by Gasteiger charge is -2.25. The van der Waals surface area contributed by atoms with Crippen molar-refractivity contribution in [3.05, 3.63) is 0 Å². The number of nitrogens with two attached hydrogens (primary N) is 4. The summed E-state index contributed by atoms with van der Waals surface area (Å²) in [6.45, 7) is 8.73. The number of hydrogen-bond donors (Lipinski definition) is 18. The van der Waals surface area contributed by atoms with Crippen molar-refractivity contribution in [1.29, 1.82) is 0 Å². The van der Waals surface area contributed by atoms with Crippen molar-refractivity contribution < 1.29 is 132 Å². The van der Waals surface area contributed by atoms with E-state index in [-0.39, 0.29) is 75.9 Å². The molecular weight excluding hydrogens is 1490 g/mol. The predicted molar refractivity (Wildman–Crippen MR) is 403 cm³/mol. The molecule has 0 fully saturated rings. The molecule has 0 spiro atoms. The maximum Gasteiger partial charge on any atom is 0.326 e. The quantitative estimate of drug-likeness (QED) is 0.0280. The Morgan fingerprint density at radius 3 is 1.01 bits per heavy atom. The van der Waals surface area contributed by atoms with E-state index in [1.54, 1.807) is 13.8 Å². The summed E-state index contributed by atoms with van der Waals surface area (Å²) in [6, 6.07) is -10.3. The first-order valence-corrected chi connectivity index (χ1v) is 37.5. The van der Waals surface area contributed by atoms with E-state index in [0.717, 1.165) is 0 Å². The topological polar surface area (TPSA) is 671 Å². The molecule has 0 radical (unpaired) electrons. The Labute approximate surface area is 656 Å². The van der Waals surface area contributed by atoms with Gasteiger partial charge in [0.2, 0.25) is 41.4 Å². The minimum atomic E-state index is -1.70. The summed E-state index contributed by atoms with van der Waals surface area (Å²) in [7, 11) is 0. The fraction of sp³-hybridized carbons (Fsp3) is 0.680. The summed E-state index contributed by atoms with van der Waals surface area (Å²) in [5.74, 6) is -20.0. The number of Topliss-reactive ketones (excluding diaryl/α,β-unsaturated/α-hetero) is 6. The van der Waals surface area contributed by atoms with Gasteiger partial charge in [0.1, 0.15) is 6.04 Å². The van der Waals surface area contributed by atoms with Gasteiger partial charge in [-0.1, -0.05) is 27.2 Å². The van der Waals surface area contributed by atoms with Gasteiger partial charge >= 0.3 is 41.8 Å². The van der Waals surface area contributed by atoms with Gasteiger partial charge in [0.05, 0.1) is 48.2 Å². The SMILES string of the molecule is C#CC[C@H](CC(=O)[C@H](CCCCN)NC(C)=O)C(=O)N[C@@H](C)C(=O)C[C@@H](CCCCN)C(=O)N[C@@H](CC#C)C(=O)C[C@@H](C)C(=O)N[C@@H](CCCCN)C(=O)O.CC(C)CC(=O)[C@H](CCC(=O)O)NC(=O)[C@H](CCC(=O)O)CC(=O)[C@H](CCC(=O)O)NC(=O)[C@H](CCC(=O)O)CC(=O)[C@H](CCC(=O)O)NC(=O)[C@@H](N)CCC(=O)O. The molecule has 38 nitrogen and oxygen atoms in total. The fourth-order valence-electron chi connectivity index (χ4n) is 11.4. The number of nitrogens with one attached hydrogen (secondary N) is 7. The minimum absolute atomic E-state index is 0.0505.